The highest BCUT2D eigenvalue weighted by Gasteiger charge is 2.21. The highest BCUT2D eigenvalue weighted by Crippen LogP contribution is 1.89. The fraction of sp³-hybridized carbons (Fsp3) is 0.800. The van der Waals surface area contributed by atoms with Crippen LogP contribution in [0.4, 0.5) is 0 Å². The van der Waals surface area contributed by atoms with Gasteiger partial charge in [0.15, 0.2) is 0 Å². The van der Waals surface area contributed by atoms with Gasteiger partial charge in [0.2, 0.25) is 0 Å². The van der Waals surface area contributed by atoms with E-state index in [9.17, 15) is 4.79 Å². The first kappa shape index (κ1) is 9.26. The van der Waals surface area contributed by atoms with Gasteiger partial charge in [0.25, 0.3) is 0 Å². The van der Waals surface area contributed by atoms with Crippen LogP contribution in [-0.2, 0) is 4.79 Å². The highest BCUT2D eigenvalue weighted by molar-refractivity contribution is 5.47. The fourth-order valence-electron chi connectivity index (χ4n) is 0.466. The van der Waals surface area contributed by atoms with Gasteiger partial charge in [0, 0.05) is 0 Å². The van der Waals surface area contributed by atoms with E-state index in [0.29, 0.717) is 0 Å². The second kappa shape index (κ2) is 5.08. The molecule has 0 bridgehead atoms. The Bertz CT molecular complexity index is 97.6. The van der Waals surface area contributed by atoms with Gasteiger partial charge in [-0.2, -0.15) is 0 Å². The lowest BCUT2D eigenvalue weighted by Gasteiger charge is -2.11. The Morgan fingerprint density at radius 3 is 2.30 bits per heavy atom. The van der Waals surface area contributed by atoms with Crippen LogP contribution in [0.5, 0.6) is 0 Å². The summed E-state index contributed by atoms with van der Waals surface area (Å²) in [6.45, 7) is -0.920. The summed E-state index contributed by atoms with van der Waals surface area (Å²) in [6.07, 6.45) is 0.170. The van der Waals surface area contributed by atoms with Crippen LogP contribution in [0.15, 0.2) is 0 Å². The first-order chi connectivity index (χ1) is 4.76. The predicted octanol–water partition coefficient (Wildman–Crippen LogP) is -2.64. The van der Waals surface area contributed by atoms with Gasteiger partial charge < -0.3 is 15.3 Å². The Morgan fingerprint density at radius 1 is 1.40 bits per heavy atom. The molecule has 5 heteroatoms. The smallest absolute Gasteiger partial charge is 0.394 e. The number of aliphatic hydroxyl groups is 3. The summed E-state index contributed by atoms with van der Waals surface area (Å²) in [4.78, 5) is 9.65. The molecule has 0 radical (unpaired) electrons. The average molecular weight is 148 g/mol. The molecule has 5 nitrogen and oxygen atoms in total. The molecule has 0 saturated carbocycles. The number of carbonyl (C=O) groups excluding carboxylic acids is 1. The molecule has 10 heavy (non-hydrogen) atoms. The van der Waals surface area contributed by atoms with Crippen LogP contribution in [-0.4, -0.2) is 47.1 Å². The van der Waals surface area contributed by atoms with Crippen LogP contribution in [0.1, 0.15) is 0 Å². The molecule has 0 spiro atoms. The van der Waals surface area contributed by atoms with Gasteiger partial charge in [-0.05, 0) is 0 Å². The Labute approximate surface area is 58.3 Å². The van der Waals surface area contributed by atoms with Gasteiger partial charge >= 0.3 is 6.41 Å². The van der Waals surface area contributed by atoms with Crippen molar-refractivity contribution in [1.29, 1.82) is 0 Å². The normalized spacial score (nSPS) is 15.5. The van der Waals surface area contributed by atoms with Gasteiger partial charge in [-0.15, -0.1) is 5.32 Å². The summed E-state index contributed by atoms with van der Waals surface area (Å²) in [6, 6.07) is -0.831. The van der Waals surface area contributed by atoms with Crippen molar-refractivity contribution in [2.75, 3.05) is 13.2 Å². The molecule has 2 unspecified atom stereocenters. The molecule has 0 aliphatic heterocycles. The predicted molar refractivity (Wildman–Crippen MR) is 32.8 cm³/mol. The Balaban J connectivity index is 3.67. The molecule has 4 N–H and O–H groups in total. The second-order valence-electron chi connectivity index (χ2n) is 1.79. The molecule has 0 aliphatic rings. The van der Waals surface area contributed by atoms with E-state index in [1.54, 1.807) is 0 Å². The van der Waals surface area contributed by atoms with Gasteiger partial charge in [-0.3, -0.25) is 0 Å². The zero-order valence-corrected chi connectivity index (χ0v) is 5.32. The van der Waals surface area contributed by atoms with E-state index < -0.39 is 25.4 Å². The zero-order valence-electron chi connectivity index (χ0n) is 5.32. The summed E-state index contributed by atoms with van der Waals surface area (Å²) in [5, 5.41) is 27.6. The van der Waals surface area contributed by atoms with E-state index in [0.717, 1.165) is 0 Å². The number of nitrogens with one attached hydrogen (secondary N) is 1. The SMILES string of the molecule is O=[C+]NC(CO)C(O)CO. The number of aliphatic hydroxyl groups excluding tert-OH is 3. The van der Waals surface area contributed by atoms with Crippen molar-refractivity contribution in [2.45, 2.75) is 12.1 Å². The lowest BCUT2D eigenvalue weighted by Crippen LogP contribution is -2.43. The fourth-order valence-corrected chi connectivity index (χ4v) is 0.466. The quantitative estimate of drug-likeness (QED) is 0.253. The van der Waals surface area contributed by atoms with Crippen LogP contribution >= 0.6 is 0 Å². The van der Waals surface area contributed by atoms with Gasteiger partial charge in [0.1, 0.15) is 12.1 Å². The summed E-state index contributed by atoms with van der Waals surface area (Å²) in [5.74, 6) is 0. The molecule has 1 amide bonds. The van der Waals surface area contributed by atoms with Crippen molar-refractivity contribution >= 4 is 6.41 Å². The third-order valence-corrected chi connectivity index (χ3v) is 1.09. The molecule has 2 atom stereocenters. The van der Waals surface area contributed by atoms with E-state index in [1.807, 2.05) is 5.32 Å². The number of hydrogen-bond donors (Lipinski definition) is 4. The third kappa shape index (κ3) is 2.70. The van der Waals surface area contributed by atoms with Crippen LogP contribution < -0.4 is 5.32 Å². The third-order valence-electron chi connectivity index (χ3n) is 1.09. The Kier molecular flexibility index (Phi) is 4.70. The average Bonchev–Trinajstić information content (AvgIpc) is 1.99. The maximum absolute atomic E-state index is 9.65. The topological polar surface area (TPSA) is 89.8 Å². The largest absolute Gasteiger partial charge is 0.665 e. The molecule has 0 aromatic carbocycles. The van der Waals surface area contributed by atoms with E-state index in [2.05, 4.69) is 0 Å². The van der Waals surface area contributed by atoms with Crippen LogP contribution in [0, 0.1) is 0 Å². The number of amides is 1. The summed E-state index contributed by atoms with van der Waals surface area (Å²) in [7, 11) is 0. The van der Waals surface area contributed by atoms with Crippen molar-refractivity contribution in [3.05, 3.63) is 0 Å². The van der Waals surface area contributed by atoms with E-state index in [-0.39, 0.29) is 0 Å². The lowest BCUT2D eigenvalue weighted by molar-refractivity contribution is 0.0480. The molecule has 0 saturated heterocycles. The summed E-state index contributed by atoms with van der Waals surface area (Å²) >= 11 is 0. The van der Waals surface area contributed by atoms with E-state index in [1.165, 1.54) is 6.41 Å². The molecule has 0 aromatic rings. The van der Waals surface area contributed by atoms with Crippen LogP contribution in [0.25, 0.3) is 0 Å². The molecule has 0 fully saturated rings. The zero-order chi connectivity index (χ0) is 7.98. The standard InChI is InChI=1S/C5H10NO4/c7-1-4(6-3-9)5(10)2-8/h4-5,7-8,10H,1-2H2,(H,6,9)/q+1. The van der Waals surface area contributed by atoms with Crippen molar-refractivity contribution < 1.29 is 20.1 Å². The first-order valence-electron chi connectivity index (χ1n) is 2.78. The minimum atomic E-state index is -1.13. The summed E-state index contributed by atoms with van der Waals surface area (Å²) in [5.41, 5.74) is 0. The lowest BCUT2D eigenvalue weighted by atomic mass is 10.2. The Hall–Kier alpha value is -0.740. The van der Waals surface area contributed by atoms with Crippen LogP contribution in [0.3, 0.4) is 0 Å². The first-order valence-corrected chi connectivity index (χ1v) is 2.78. The maximum atomic E-state index is 9.65. The van der Waals surface area contributed by atoms with E-state index >= 15 is 0 Å². The molecular weight excluding hydrogens is 138 g/mol. The molecule has 58 valence electrons. The molecule has 0 aliphatic carbocycles. The van der Waals surface area contributed by atoms with E-state index in [4.69, 9.17) is 15.3 Å². The second-order valence-corrected chi connectivity index (χ2v) is 1.79. The van der Waals surface area contributed by atoms with Crippen molar-refractivity contribution in [3.63, 3.8) is 0 Å². The minimum Gasteiger partial charge on any atom is -0.394 e. The molecule has 0 heterocycles. The number of hydrogen-bond acceptors (Lipinski definition) is 4. The van der Waals surface area contributed by atoms with Crippen molar-refractivity contribution in [1.82, 2.24) is 5.32 Å². The number of rotatable bonds is 5. The van der Waals surface area contributed by atoms with Crippen molar-refractivity contribution in [2.24, 2.45) is 0 Å². The molecular formula is C5H10NO4+. The van der Waals surface area contributed by atoms with Crippen LogP contribution in [0.2, 0.25) is 0 Å². The molecule has 0 rings (SSSR count). The van der Waals surface area contributed by atoms with Gasteiger partial charge in [-0.25, -0.2) is 0 Å². The summed E-state index contributed by atoms with van der Waals surface area (Å²) < 4.78 is 0. The van der Waals surface area contributed by atoms with Crippen molar-refractivity contribution in [3.8, 4) is 0 Å². The van der Waals surface area contributed by atoms with Gasteiger partial charge in [-0.1, -0.05) is 0 Å². The highest BCUT2D eigenvalue weighted by atomic mass is 16.3. The Morgan fingerprint density at radius 2 is 2.00 bits per heavy atom. The monoisotopic (exact) mass is 148 g/mol. The van der Waals surface area contributed by atoms with Gasteiger partial charge in [0.05, 0.1) is 18.0 Å². The maximum Gasteiger partial charge on any atom is 0.665 e. The molecule has 0 aromatic heterocycles. The minimum absolute atomic E-state index is 0.420.